The number of fused-ring (bicyclic) bond motifs is 2. The number of ketones is 1. The topological polar surface area (TPSA) is 122 Å². The molecule has 146 valence electrons. The van der Waals surface area contributed by atoms with Crippen LogP contribution in [0.4, 0.5) is 5.82 Å². The van der Waals surface area contributed by atoms with E-state index in [2.05, 4.69) is 20.3 Å². The van der Waals surface area contributed by atoms with Crippen molar-refractivity contribution < 1.29 is 14.2 Å². The Bertz CT molecular complexity index is 1240. The van der Waals surface area contributed by atoms with Crippen molar-refractivity contribution in [1.29, 1.82) is 0 Å². The molecule has 3 heterocycles. The third-order valence-corrected chi connectivity index (χ3v) is 5.10. The Morgan fingerprint density at radius 1 is 1.24 bits per heavy atom. The summed E-state index contributed by atoms with van der Waals surface area (Å²) in [5, 5.41) is 7.48. The molecule has 0 radical (unpaired) electrons. The van der Waals surface area contributed by atoms with Crippen molar-refractivity contribution in [2.24, 2.45) is 0 Å². The number of pyridine rings is 1. The molecular formula is C20H18N6O3. The number of rotatable bonds is 4. The SMILES string of the molecule is CCn1c(-c2nonc2N)nc2cnc(Oc3ccc4c(c3)CCCC4=O)cc21. The van der Waals surface area contributed by atoms with Crippen LogP contribution in [0.25, 0.3) is 22.6 Å². The Balaban J connectivity index is 1.52. The molecule has 0 amide bonds. The van der Waals surface area contributed by atoms with Crippen LogP contribution in [0.1, 0.15) is 35.7 Å². The number of nitrogen functional groups attached to an aromatic ring is 1. The molecule has 9 heteroatoms. The van der Waals surface area contributed by atoms with Crippen LogP contribution in [0.5, 0.6) is 11.6 Å². The van der Waals surface area contributed by atoms with E-state index in [0.29, 0.717) is 41.6 Å². The Morgan fingerprint density at radius 3 is 2.93 bits per heavy atom. The Kier molecular flexibility index (Phi) is 4.01. The van der Waals surface area contributed by atoms with Gasteiger partial charge < -0.3 is 15.0 Å². The van der Waals surface area contributed by atoms with E-state index in [-0.39, 0.29) is 11.6 Å². The number of aryl methyl sites for hydroxylation is 2. The highest BCUT2D eigenvalue weighted by atomic mass is 16.6. The van der Waals surface area contributed by atoms with Crippen molar-refractivity contribution in [2.45, 2.75) is 32.7 Å². The Morgan fingerprint density at radius 2 is 2.14 bits per heavy atom. The molecule has 1 aliphatic rings. The van der Waals surface area contributed by atoms with Crippen LogP contribution in [0.2, 0.25) is 0 Å². The maximum atomic E-state index is 12.0. The van der Waals surface area contributed by atoms with E-state index in [0.717, 1.165) is 29.5 Å². The zero-order chi connectivity index (χ0) is 20.0. The zero-order valence-electron chi connectivity index (χ0n) is 15.8. The monoisotopic (exact) mass is 390 g/mol. The van der Waals surface area contributed by atoms with E-state index in [1.165, 1.54) is 0 Å². The second kappa shape index (κ2) is 6.69. The van der Waals surface area contributed by atoms with Gasteiger partial charge in [0.05, 0.1) is 11.7 Å². The molecule has 0 saturated carbocycles. The van der Waals surface area contributed by atoms with Gasteiger partial charge in [0.2, 0.25) is 5.88 Å². The minimum Gasteiger partial charge on any atom is -0.439 e. The third kappa shape index (κ3) is 2.91. The summed E-state index contributed by atoms with van der Waals surface area (Å²) in [6.45, 7) is 2.64. The lowest BCUT2D eigenvalue weighted by Crippen LogP contribution is -2.10. The number of aromatic nitrogens is 5. The van der Waals surface area contributed by atoms with Crippen LogP contribution < -0.4 is 10.5 Å². The van der Waals surface area contributed by atoms with E-state index in [1.54, 1.807) is 12.3 Å². The minimum absolute atomic E-state index is 0.183. The quantitative estimate of drug-likeness (QED) is 0.562. The molecule has 3 aromatic heterocycles. The van der Waals surface area contributed by atoms with E-state index >= 15 is 0 Å². The fraction of sp³-hybridized carbons (Fsp3) is 0.250. The first-order valence-corrected chi connectivity index (χ1v) is 9.42. The molecule has 0 saturated heterocycles. The predicted octanol–water partition coefficient (Wildman–Crippen LogP) is 3.39. The number of carbonyl (C=O) groups is 1. The van der Waals surface area contributed by atoms with Crippen molar-refractivity contribution >= 4 is 22.6 Å². The Labute approximate surface area is 165 Å². The van der Waals surface area contributed by atoms with E-state index in [1.807, 2.05) is 29.7 Å². The Hall–Kier alpha value is -3.75. The lowest BCUT2D eigenvalue weighted by molar-refractivity contribution is 0.0972. The largest absolute Gasteiger partial charge is 0.439 e. The van der Waals surface area contributed by atoms with Crippen LogP contribution in [-0.4, -0.2) is 30.6 Å². The van der Waals surface area contributed by atoms with Gasteiger partial charge in [0.1, 0.15) is 11.3 Å². The number of nitrogens with two attached hydrogens (primary N) is 1. The number of hydrogen-bond donors (Lipinski definition) is 1. The molecule has 0 unspecified atom stereocenters. The summed E-state index contributed by atoms with van der Waals surface area (Å²) in [5.41, 5.74) is 9.56. The molecule has 1 aliphatic carbocycles. The van der Waals surface area contributed by atoms with Crippen molar-refractivity contribution in [3.63, 3.8) is 0 Å². The summed E-state index contributed by atoms with van der Waals surface area (Å²) < 4.78 is 12.6. The zero-order valence-corrected chi connectivity index (χ0v) is 15.8. The molecule has 9 nitrogen and oxygen atoms in total. The molecule has 0 fully saturated rings. The van der Waals surface area contributed by atoms with Gasteiger partial charge in [0.15, 0.2) is 23.1 Å². The molecule has 0 bridgehead atoms. The lowest BCUT2D eigenvalue weighted by atomic mass is 9.91. The highest BCUT2D eigenvalue weighted by Crippen LogP contribution is 2.31. The summed E-state index contributed by atoms with van der Waals surface area (Å²) in [7, 11) is 0. The van der Waals surface area contributed by atoms with Crippen LogP contribution in [0.3, 0.4) is 0 Å². The number of Topliss-reactive ketones (excluding diaryl/α,β-unsaturated/α-hetero) is 1. The maximum absolute atomic E-state index is 12.0. The smallest absolute Gasteiger partial charge is 0.221 e. The number of anilines is 1. The van der Waals surface area contributed by atoms with Gasteiger partial charge >= 0.3 is 0 Å². The molecular weight excluding hydrogens is 372 g/mol. The van der Waals surface area contributed by atoms with Crippen LogP contribution >= 0.6 is 0 Å². The summed E-state index contributed by atoms with van der Waals surface area (Å²) in [5.74, 6) is 2.03. The van der Waals surface area contributed by atoms with Crippen LogP contribution in [-0.2, 0) is 13.0 Å². The lowest BCUT2D eigenvalue weighted by Gasteiger charge is -2.15. The first-order chi connectivity index (χ1) is 14.1. The molecule has 4 aromatic rings. The van der Waals surface area contributed by atoms with Crippen LogP contribution in [0, 0.1) is 0 Å². The van der Waals surface area contributed by atoms with Gasteiger partial charge in [-0.3, -0.25) is 4.79 Å². The minimum atomic E-state index is 0.183. The standard InChI is InChI=1S/C20H18N6O3/c1-2-26-15-9-17(22-10-14(15)23-20(26)18-19(21)25-29-24-18)28-12-6-7-13-11(8-12)4-3-5-16(13)27/h6-10H,2-5H2,1H3,(H2,21,25). The average Bonchev–Trinajstić information content (AvgIpc) is 3.30. The highest BCUT2D eigenvalue weighted by Gasteiger charge is 2.20. The number of nitrogens with zero attached hydrogens (tertiary/aromatic N) is 5. The third-order valence-electron chi connectivity index (χ3n) is 5.10. The molecule has 5 rings (SSSR count). The maximum Gasteiger partial charge on any atom is 0.221 e. The average molecular weight is 390 g/mol. The highest BCUT2D eigenvalue weighted by molar-refractivity contribution is 5.98. The van der Waals surface area contributed by atoms with Gasteiger partial charge in [-0.25, -0.2) is 14.6 Å². The van der Waals surface area contributed by atoms with Gasteiger partial charge in [-0.15, -0.1) is 0 Å². The molecule has 29 heavy (non-hydrogen) atoms. The van der Waals surface area contributed by atoms with Crippen LogP contribution in [0.15, 0.2) is 35.1 Å². The fourth-order valence-electron chi connectivity index (χ4n) is 3.72. The summed E-state index contributed by atoms with van der Waals surface area (Å²) >= 11 is 0. The predicted molar refractivity (Wildman–Crippen MR) is 105 cm³/mol. The van der Waals surface area contributed by atoms with E-state index < -0.39 is 0 Å². The van der Waals surface area contributed by atoms with Gasteiger partial charge in [0.25, 0.3) is 0 Å². The molecule has 2 N–H and O–H groups in total. The van der Waals surface area contributed by atoms with E-state index in [4.69, 9.17) is 15.1 Å². The molecule has 0 aliphatic heterocycles. The first-order valence-electron chi connectivity index (χ1n) is 9.42. The molecule has 0 spiro atoms. The summed E-state index contributed by atoms with van der Waals surface area (Å²) in [4.78, 5) is 20.9. The molecule has 1 aromatic carbocycles. The van der Waals surface area contributed by atoms with Gasteiger partial charge in [-0.05, 0) is 53.8 Å². The number of imidazole rings is 1. The second-order valence-corrected chi connectivity index (χ2v) is 6.89. The summed E-state index contributed by atoms with van der Waals surface area (Å²) in [6, 6.07) is 7.38. The normalized spacial score (nSPS) is 13.6. The number of benzene rings is 1. The van der Waals surface area contributed by atoms with Crippen molar-refractivity contribution in [1.82, 2.24) is 24.8 Å². The second-order valence-electron chi connectivity index (χ2n) is 6.89. The number of hydrogen-bond acceptors (Lipinski definition) is 8. The summed E-state index contributed by atoms with van der Waals surface area (Å²) in [6.07, 6.45) is 4.01. The number of ether oxygens (including phenoxy) is 1. The van der Waals surface area contributed by atoms with Gasteiger partial charge in [-0.1, -0.05) is 0 Å². The van der Waals surface area contributed by atoms with Crippen molar-refractivity contribution in [3.05, 3.63) is 41.6 Å². The fourth-order valence-corrected chi connectivity index (χ4v) is 3.72. The number of carbonyl (C=O) groups excluding carboxylic acids is 1. The van der Waals surface area contributed by atoms with Crippen molar-refractivity contribution in [2.75, 3.05) is 5.73 Å². The first kappa shape index (κ1) is 17.4. The molecule has 0 atom stereocenters. The van der Waals surface area contributed by atoms with Crippen molar-refractivity contribution in [3.8, 4) is 23.1 Å². The van der Waals surface area contributed by atoms with Gasteiger partial charge in [-0.2, -0.15) is 0 Å². The van der Waals surface area contributed by atoms with E-state index in [9.17, 15) is 4.79 Å². The van der Waals surface area contributed by atoms with Gasteiger partial charge in [0, 0.05) is 24.6 Å².